The molecule has 10 nitrogen and oxygen atoms in total. The molecule has 4 aromatic rings. The Morgan fingerprint density at radius 2 is 1.86 bits per heavy atom. The van der Waals surface area contributed by atoms with E-state index in [9.17, 15) is 10.1 Å². The molecule has 1 aliphatic heterocycles. The van der Waals surface area contributed by atoms with Crippen LogP contribution in [0.1, 0.15) is 34.7 Å². The fourth-order valence-electron chi connectivity index (χ4n) is 5.37. The van der Waals surface area contributed by atoms with Crippen LogP contribution in [0.15, 0.2) is 66.9 Å². The van der Waals surface area contributed by atoms with Crippen LogP contribution in [0.2, 0.25) is 5.02 Å². The molecular weight excluding hydrogens is 578 g/mol. The second kappa shape index (κ2) is 12.4. The van der Waals surface area contributed by atoms with E-state index in [-0.39, 0.29) is 17.8 Å². The zero-order valence-corrected chi connectivity index (χ0v) is 25.1. The summed E-state index contributed by atoms with van der Waals surface area (Å²) in [5.41, 5.74) is 4.84. The molecule has 3 heterocycles. The van der Waals surface area contributed by atoms with E-state index in [1.807, 2.05) is 59.7 Å². The lowest BCUT2D eigenvalue weighted by atomic mass is 9.96. The van der Waals surface area contributed by atoms with Crippen molar-refractivity contribution in [2.45, 2.75) is 25.9 Å². The first-order valence-corrected chi connectivity index (χ1v) is 14.0. The fraction of sp³-hybridized carbons (Fsp3) is 0.267. The third-order valence-electron chi connectivity index (χ3n) is 7.24. The summed E-state index contributed by atoms with van der Waals surface area (Å²) in [5, 5.41) is 16.0. The minimum atomic E-state index is -0.414. The fourth-order valence-corrected chi connectivity index (χ4v) is 5.94. The lowest BCUT2D eigenvalue weighted by Gasteiger charge is -2.28. The number of anilines is 1. The normalized spacial score (nSPS) is 16.4. The van der Waals surface area contributed by atoms with Crippen molar-refractivity contribution in [3.63, 3.8) is 0 Å². The van der Waals surface area contributed by atoms with Gasteiger partial charge in [0.2, 0.25) is 0 Å². The zero-order valence-electron chi connectivity index (χ0n) is 23.5. The quantitative estimate of drug-likeness (QED) is 0.0967. The maximum atomic E-state index is 11.6. The molecule has 1 N–H and O–H groups in total. The summed E-state index contributed by atoms with van der Waals surface area (Å²) in [6, 6.07) is 17.3. The molecule has 0 amide bonds. The van der Waals surface area contributed by atoms with E-state index >= 15 is 0 Å². The topological polar surface area (TPSA) is 104 Å². The van der Waals surface area contributed by atoms with Crippen LogP contribution in [-0.2, 0) is 4.74 Å². The lowest BCUT2D eigenvalue weighted by molar-refractivity contribution is -0.384. The van der Waals surface area contributed by atoms with Crippen molar-refractivity contribution in [3.05, 3.63) is 105 Å². The Labute approximate surface area is 253 Å². The predicted octanol–water partition coefficient (Wildman–Crippen LogP) is 6.26. The molecule has 218 valence electrons. The van der Waals surface area contributed by atoms with Crippen LogP contribution in [0.5, 0.6) is 11.5 Å². The van der Waals surface area contributed by atoms with E-state index in [0.29, 0.717) is 40.5 Å². The number of methoxy groups -OCH3 is 2. The van der Waals surface area contributed by atoms with Crippen molar-refractivity contribution < 1.29 is 19.1 Å². The number of aromatic nitrogens is 2. The number of nitrogens with zero attached hydrogens (tertiary/aromatic N) is 4. The van der Waals surface area contributed by atoms with Crippen LogP contribution in [0.25, 0.3) is 5.69 Å². The summed E-state index contributed by atoms with van der Waals surface area (Å²) >= 11 is 12.5. The van der Waals surface area contributed by atoms with E-state index in [0.717, 1.165) is 28.3 Å². The van der Waals surface area contributed by atoms with E-state index in [4.69, 9.17) is 38.0 Å². The second-order valence-corrected chi connectivity index (χ2v) is 10.5. The number of thiocarbonyl (C=S) groups is 1. The van der Waals surface area contributed by atoms with E-state index in [1.165, 1.54) is 12.1 Å². The maximum absolute atomic E-state index is 11.6. The number of hydrogen-bond donors (Lipinski definition) is 1. The molecule has 0 bridgehead atoms. The van der Waals surface area contributed by atoms with Crippen molar-refractivity contribution in [1.82, 2.24) is 14.9 Å². The van der Waals surface area contributed by atoms with Gasteiger partial charge in [-0.05, 0) is 74.1 Å². The Morgan fingerprint density at radius 1 is 1.07 bits per heavy atom. The second-order valence-electron chi connectivity index (χ2n) is 9.73. The van der Waals surface area contributed by atoms with Gasteiger partial charge in [-0.1, -0.05) is 17.7 Å². The minimum absolute atomic E-state index is 0.0287. The molecule has 12 heteroatoms. The molecule has 0 radical (unpaired) electrons. The van der Waals surface area contributed by atoms with Crippen LogP contribution < -0.4 is 19.7 Å². The van der Waals surface area contributed by atoms with Gasteiger partial charge in [0.15, 0.2) is 5.11 Å². The molecule has 1 fully saturated rings. The van der Waals surface area contributed by atoms with Gasteiger partial charge in [-0.25, -0.2) is 0 Å². The average Bonchev–Trinajstić information content (AvgIpc) is 3.48. The largest absolute Gasteiger partial charge is 0.495 e. The Hall–Kier alpha value is -4.19. The molecule has 2 atom stereocenters. The third-order valence-corrected chi connectivity index (χ3v) is 7.85. The molecule has 2 aromatic heterocycles. The van der Waals surface area contributed by atoms with E-state index < -0.39 is 4.92 Å². The number of halogens is 1. The highest BCUT2D eigenvalue weighted by Crippen LogP contribution is 2.45. The first kappa shape index (κ1) is 29.3. The first-order valence-electron chi connectivity index (χ1n) is 13.2. The maximum Gasteiger partial charge on any atom is 0.271 e. The molecule has 0 aliphatic carbocycles. The molecule has 1 saturated heterocycles. The van der Waals surface area contributed by atoms with Crippen molar-refractivity contribution >= 4 is 40.3 Å². The van der Waals surface area contributed by atoms with E-state index in [1.54, 1.807) is 26.5 Å². The molecule has 1 aliphatic rings. The summed E-state index contributed by atoms with van der Waals surface area (Å²) < 4.78 is 18.4. The van der Waals surface area contributed by atoms with Gasteiger partial charge in [-0.3, -0.25) is 15.1 Å². The van der Waals surface area contributed by atoms with Gasteiger partial charge in [0.25, 0.3) is 5.69 Å². The lowest BCUT2D eigenvalue weighted by Crippen LogP contribution is -2.29. The minimum Gasteiger partial charge on any atom is -0.495 e. The standard InChI is InChI=1S/C30H30ClN5O5S/c1-18-15-22(19(2)34(18)25-17-21(36(37)38)9-11-27(25)40-4)29-28(24-7-5-6-12-32-24)33-30(42)35(29)20-8-10-26(23(31)16-20)41-14-13-39-3/h5-12,15-17,28-29H,13-14H2,1-4H3,(H,33,42)/t28-,29+/m0/s1. The van der Waals surface area contributed by atoms with Gasteiger partial charge >= 0.3 is 0 Å². The summed E-state index contributed by atoms with van der Waals surface area (Å²) in [7, 11) is 3.16. The number of nitro benzene ring substituents is 1. The number of rotatable bonds is 10. The Balaban J connectivity index is 1.64. The van der Waals surface area contributed by atoms with Gasteiger partial charge < -0.3 is 29.0 Å². The summed E-state index contributed by atoms with van der Waals surface area (Å²) in [4.78, 5) is 17.9. The Morgan fingerprint density at radius 3 is 2.52 bits per heavy atom. The van der Waals surface area contributed by atoms with Crippen molar-refractivity contribution in [2.75, 3.05) is 32.3 Å². The smallest absolute Gasteiger partial charge is 0.271 e. The highest BCUT2D eigenvalue weighted by Gasteiger charge is 2.42. The molecule has 42 heavy (non-hydrogen) atoms. The van der Waals surface area contributed by atoms with Crippen molar-refractivity contribution in [2.24, 2.45) is 0 Å². The van der Waals surface area contributed by atoms with Gasteiger partial charge in [0.05, 0.1) is 47.1 Å². The Kier molecular flexibility index (Phi) is 8.62. The van der Waals surface area contributed by atoms with Crippen molar-refractivity contribution in [3.8, 4) is 17.2 Å². The number of hydrogen-bond acceptors (Lipinski definition) is 7. The molecular formula is C30H30ClN5O5S. The monoisotopic (exact) mass is 607 g/mol. The SMILES string of the molecule is COCCOc1ccc(N2C(=S)N[C@@H](c3ccccn3)[C@H]2c2cc(C)n(-c3cc([N+](=O)[O-])ccc3OC)c2C)cc1Cl. The van der Waals surface area contributed by atoms with Gasteiger partial charge in [0, 0.05) is 42.5 Å². The van der Waals surface area contributed by atoms with Crippen LogP contribution in [0.3, 0.4) is 0 Å². The first-order chi connectivity index (χ1) is 20.2. The molecule has 0 unspecified atom stereocenters. The van der Waals surface area contributed by atoms with Gasteiger partial charge in [0.1, 0.15) is 18.1 Å². The van der Waals surface area contributed by atoms with Crippen LogP contribution in [0.4, 0.5) is 11.4 Å². The number of benzene rings is 2. The molecule has 0 saturated carbocycles. The summed E-state index contributed by atoms with van der Waals surface area (Å²) in [6.07, 6.45) is 1.75. The summed E-state index contributed by atoms with van der Waals surface area (Å²) in [5.74, 6) is 1.06. The average molecular weight is 608 g/mol. The molecule has 5 rings (SSSR count). The Bertz CT molecular complexity index is 1630. The number of nitrogens with one attached hydrogen (secondary N) is 1. The van der Waals surface area contributed by atoms with Gasteiger partial charge in [-0.2, -0.15) is 0 Å². The molecule has 2 aromatic carbocycles. The number of aryl methyl sites for hydroxylation is 1. The summed E-state index contributed by atoms with van der Waals surface area (Å²) in [6.45, 7) is 4.75. The van der Waals surface area contributed by atoms with E-state index in [2.05, 4.69) is 16.4 Å². The van der Waals surface area contributed by atoms with Crippen LogP contribution >= 0.6 is 23.8 Å². The number of nitro groups is 1. The zero-order chi connectivity index (χ0) is 30.0. The number of pyridine rings is 1. The number of non-ortho nitro benzene ring substituents is 1. The highest BCUT2D eigenvalue weighted by molar-refractivity contribution is 7.80. The van der Waals surface area contributed by atoms with Gasteiger partial charge in [-0.15, -0.1) is 0 Å². The molecule has 0 spiro atoms. The van der Waals surface area contributed by atoms with Crippen molar-refractivity contribution in [1.29, 1.82) is 0 Å². The van der Waals surface area contributed by atoms with Crippen LogP contribution in [-0.4, -0.2) is 47.0 Å². The number of ether oxygens (including phenoxy) is 3. The highest BCUT2D eigenvalue weighted by atomic mass is 35.5. The predicted molar refractivity (Wildman–Crippen MR) is 165 cm³/mol. The van der Waals surface area contributed by atoms with Crippen LogP contribution in [0, 0.1) is 24.0 Å². The third kappa shape index (κ3) is 5.50.